The van der Waals surface area contributed by atoms with Gasteiger partial charge in [0.1, 0.15) is 5.52 Å². The van der Waals surface area contributed by atoms with E-state index in [2.05, 4.69) is 22.2 Å². The summed E-state index contributed by atoms with van der Waals surface area (Å²) in [5.41, 5.74) is 3.68. The van der Waals surface area contributed by atoms with Gasteiger partial charge in [-0.2, -0.15) is 5.10 Å². The van der Waals surface area contributed by atoms with E-state index in [1.807, 2.05) is 53.5 Å². The number of benzene rings is 2. The van der Waals surface area contributed by atoms with E-state index in [9.17, 15) is 0 Å². The molecule has 118 valence electrons. The lowest BCUT2D eigenvalue weighted by Crippen LogP contribution is -1.99. The second-order valence-corrected chi connectivity index (χ2v) is 5.89. The molecule has 0 aliphatic heterocycles. The molecule has 4 nitrogen and oxygen atoms in total. The zero-order chi connectivity index (χ0) is 16.4. The topological polar surface area (TPSA) is 43.9 Å². The lowest BCUT2D eigenvalue weighted by Gasteiger charge is -2.00. The van der Waals surface area contributed by atoms with E-state index in [0.717, 1.165) is 23.2 Å². The molecular weight excluding hydrogens is 322 g/mol. The fourth-order valence-electron chi connectivity index (χ4n) is 2.48. The van der Waals surface area contributed by atoms with Crippen molar-refractivity contribution < 1.29 is 4.42 Å². The van der Waals surface area contributed by atoms with Gasteiger partial charge >= 0.3 is 0 Å². The summed E-state index contributed by atoms with van der Waals surface area (Å²) in [5, 5.41) is 5.02. The summed E-state index contributed by atoms with van der Waals surface area (Å²) < 4.78 is 7.57. The Balaban J connectivity index is 1.51. The Morgan fingerprint density at radius 1 is 1.08 bits per heavy atom. The van der Waals surface area contributed by atoms with Gasteiger partial charge in [0, 0.05) is 22.9 Å². The molecule has 4 rings (SSSR count). The molecule has 0 unspecified atom stereocenters. The standard InChI is InChI=1S/C19H14ClN3O/c20-16-7-8-18-17(10-16)22-19(24-18)9-6-15-11-21-23(13-15)12-14-4-2-1-3-5-14/h1-11,13H,12H2/b9-6+. The van der Waals surface area contributed by atoms with Gasteiger partial charge in [0.25, 0.3) is 0 Å². The third kappa shape index (κ3) is 3.24. The summed E-state index contributed by atoms with van der Waals surface area (Å²) in [6, 6.07) is 15.6. The Labute approximate surface area is 144 Å². The minimum Gasteiger partial charge on any atom is -0.437 e. The first-order valence-electron chi connectivity index (χ1n) is 7.57. The second kappa shape index (κ2) is 6.34. The summed E-state index contributed by atoms with van der Waals surface area (Å²) in [7, 11) is 0. The van der Waals surface area contributed by atoms with E-state index in [1.165, 1.54) is 5.56 Å². The van der Waals surface area contributed by atoms with Crippen LogP contribution in [0.3, 0.4) is 0 Å². The van der Waals surface area contributed by atoms with Gasteiger partial charge in [-0.25, -0.2) is 4.98 Å². The molecule has 0 aliphatic rings. The summed E-state index contributed by atoms with van der Waals surface area (Å²) in [4.78, 5) is 4.40. The fourth-order valence-corrected chi connectivity index (χ4v) is 2.65. The first-order valence-corrected chi connectivity index (χ1v) is 7.95. The van der Waals surface area contributed by atoms with E-state index in [1.54, 1.807) is 12.1 Å². The molecule has 24 heavy (non-hydrogen) atoms. The highest BCUT2D eigenvalue weighted by Gasteiger charge is 2.04. The summed E-state index contributed by atoms with van der Waals surface area (Å²) in [5.74, 6) is 0.545. The second-order valence-electron chi connectivity index (χ2n) is 5.45. The molecule has 0 N–H and O–H groups in total. The van der Waals surface area contributed by atoms with Crippen molar-refractivity contribution in [2.75, 3.05) is 0 Å². The maximum absolute atomic E-state index is 5.96. The molecule has 2 heterocycles. The van der Waals surface area contributed by atoms with Crippen molar-refractivity contribution in [3.63, 3.8) is 0 Å². The van der Waals surface area contributed by atoms with Crippen LogP contribution in [0.15, 0.2) is 65.3 Å². The third-order valence-corrected chi connectivity index (χ3v) is 3.86. The van der Waals surface area contributed by atoms with Gasteiger partial charge in [-0.1, -0.05) is 41.9 Å². The molecule has 0 radical (unpaired) electrons. The molecule has 4 aromatic rings. The molecule has 2 aromatic carbocycles. The van der Waals surface area contributed by atoms with Crippen LogP contribution in [-0.2, 0) is 6.54 Å². The normalized spacial score (nSPS) is 11.5. The van der Waals surface area contributed by atoms with Gasteiger partial charge in [-0.3, -0.25) is 4.68 Å². The molecule has 0 atom stereocenters. The van der Waals surface area contributed by atoms with E-state index >= 15 is 0 Å². The number of fused-ring (bicyclic) bond motifs is 1. The Hall–Kier alpha value is -2.85. The number of aromatic nitrogens is 3. The first kappa shape index (κ1) is 14.7. The number of halogens is 1. The number of hydrogen-bond acceptors (Lipinski definition) is 3. The minimum absolute atomic E-state index is 0.545. The number of hydrogen-bond donors (Lipinski definition) is 0. The molecule has 0 amide bonds. The predicted molar refractivity (Wildman–Crippen MR) is 95.7 cm³/mol. The highest BCUT2D eigenvalue weighted by molar-refractivity contribution is 6.31. The average Bonchev–Trinajstić information content (AvgIpc) is 3.20. The number of oxazole rings is 1. The van der Waals surface area contributed by atoms with Crippen LogP contribution >= 0.6 is 11.6 Å². The molecule has 5 heteroatoms. The van der Waals surface area contributed by atoms with E-state index in [4.69, 9.17) is 16.0 Å². The molecule has 0 aliphatic carbocycles. The van der Waals surface area contributed by atoms with Gasteiger partial charge < -0.3 is 4.42 Å². The first-order chi connectivity index (χ1) is 11.8. The van der Waals surface area contributed by atoms with Crippen molar-refractivity contribution in [3.05, 3.63) is 83.0 Å². The monoisotopic (exact) mass is 335 g/mol. The van der Waals surface area contributed by atoms with Gasteiger partial charge in [-0.15, -0.1) is 0 Å². The maximum Gasteiger partial charge on any atom is 0.220 e. The van der Waals surface area contributed by atoms with Crippen LogP contribution in [0.4, 0.5) is 0 Å². The van der Waals surface area contributed by atoms with E-state index < -0.39 is 0 Å². The third-order valence-electron chi connectivity index (χ3n) is 3.63. The lowest BCUT2D eigenvalue weighted by atomic mass is 10.2. The van der Waals surface area contributed by atoms with Crippen molar-refractivity contribution >= 4 is 34.9 Å². The Morgan fingerprint density at radius 2 is 1.96 bits per heavy atom. The molecule has 0 bridgehead atoms. The summed E-state index contributed by atoms with van der Waals surface area (Å²) >= 11 is 5.96. The smallest absolute Gasteiger partial charge is 0.220 e. The van der Waals surface area contributed by atoms with Gasteiger partial charge in [0.15, 0.2) is 5.58 Å². The lowest BCUT2D eigenvalue weighted by molar-refractivity contribution is 0.589. The molecule has 0 saturated carbocycles. The Kier molecular flexibility index (Phi) is 3.89. The largest absolute Gasteiger partial charge is 0.437 e. The van der Waals surface area contributed by atoms with Crippen molar-refractivity contribution in [1.29, 1.82) is 0 Å². The van der Waals surface area contributed by atoms with Crippen LogP contribution in [0.5, 0.6) is 0 Å². The average molecular weight is 336 g/mol. The van der Waals surface area contributed by atoms with Crippen molar-refractivity contribution in [2.45, 2.75) is 6.54 Å². The van der Waals surface area contributed by atoms with Gasteiger partial charge in [0.05, 0.1) is 12.7 Å². The fraction of sp³-hybridized carbons (Fsp3) is 0.0526. The minimum atomic E-state index is 0.545. The van der Waals surface area contributed by atoms with Crippen LogP contribution in [0.2, 0.25) is 5.02 Å². The molecule has 0 fully saturated rings. The quantitative estimate of drug-likeness (QED) is 0.533. The van der Waals surface area contributed by atoms with Crippen LogP contribution in [0, 0.1) is 0 Å². The Bertz CT molecular complexity index is 1000. The highest BCUT2D eigenvalue weighted by atomic mass is 35.5. The molecular formula is C19H14ClN3O. The highest BCUT2D eigenvalue weighted by Crippen LogP contribution is 2.21. The number of rotatable bonds is 4. The Morgan fingerprint density at radius 3 is 2.83 bits per heavy atom. The van der Waals surface area contributed by atoms with Crippen LogP contribution in [-0.4, -0.2) is 14.8 Å². The van der Waals surface area contributed by atoms with Crippen LogP contribution in [0.1, 0.15) is 17.0 Å². The van der Waals surface area contributed by atoms with E-state index in [0.29, 0.717) is 10.9 Å². The van der Waals surface area contributed by atoms with Crippen LogP contribution < -0.4 is 0 Å². The van der Waals surface area contributed by atoms with Crippen molar-refractivity contribution in [1.82, 2.24) is 14.8 Å². The zero-order valence-electron chi connectivity index (χ0n) is 12.8. The van der Waals surface area contributed by atoms with Crippen LogP contribution in [0.25, 0.3) is 23.3 Å². The SMILES string of the molecule is Clc1ccc2oc(/C=C/c3cnn(Cc4ccccc4)c3)nc2c1. The number of nitrogens with zero attached hydrogens (tertiary/aromatic N) is 3. The van der Waals surface area contributed by atoms with E-state index in [-0.39, 0.29) is 0 Å². The van der Waals surface area contributed by atoms with Crippen molar-refractivity contribution in [2.24, 2.45) is 0 Å². The molecule has 0 saturated heterocycles. The summed E-state index contributed by atoms with van der Waals surface area (Å²) in [6.45, 7) is 0.746. The summed E-state index contributed by atoms with van der Waals surface area (Å²) in [6.07, 6.45) is 7.57. The van der Waals surface area contributed by atoms with Crippen molar-refractivity contribution in [3.8, 4) is 0 Å². The molecule has 0 spiro atoms. The van der Waals surface area contributed by atoms with Gasteiger partial charge in [0.2, 0.25) is 5.89 Å². The maximum atomic E-state index is 5.96. The van der Waals surface area contributed by atoms with Gasteiger partial charge in [-0.05, 0) is 29.8 Å². The molecule has 2 aromatic heterocycles. The predicted octanol–water partition coefficient (Wildman–Crippen LogP) is 4.90. The zero-order valence-corrected chi connectivity index (χ0v) is 13.5.